The Morgan fingerprint density at radius 1 is 0.897 bits per heavy atom. The molecular weight excluding hydrogens is 368 g/mol. The first-order valence-corrected chi connectivity index (χ1v) is 9.63. The van der Waals surface area contributed by atoms with E-state index in [1.807, 2.05) is 33.8 Å². The lowest BCUT2D eigenvalue weighted by molar-refractivity contribution is 0.0319. The fourth-order valence-electron chi connectivity index (χ4n) is 2.67. The lowest BCUT2D eigenvalue weighted by atomic mass is 10.0. The van der Waals surface area contributed by atoms with E-state index in [9.17, 15) is 14.4 Å². The molecule has 1 atom stereocenters. The minimum absolute atomic E-state index is 0.0562. The average Bonchev–Trinajstić information content (AvgIpc) is 2.67. The van der Waals surface area contributed by atoms with Gasteiger partial charge in [-0.05, 0) is 69.5 Å². The quantitative estimate of drug-likeness (QED) is 0.548. The van der Waals surface area contributed by atoms with Crippen LogP contribution in [0.5, 0.6) is 0 Å². The van der Waals surface area contributed by atoms with Crippen LogP contribution in [0, 0.1) is 13.8 Å². The predicted octanol–water partition coefficient (Wildman–Crippen LogP) is 3.94. The van der Waals surface area contributed by atoms with Crippen molar-refractivity contribution in [3.8, 4) is 0 Å². The maximum atomic E-state index is 12.5. The number of rotatable bonds is 7. The van der Waals surface area contributed by atoms with Crippen molar-refractivity contribution >= 4 is 17.8 Å². The molecular formula is C23H28N2O4. The molecule has 0 spiro atoms. The second kappa shape index (κ2) is 9.87. The molecule has 0 bridgehead atoms. The molecule has 29 heavy (non-hydrogen) atoms. The van der Waals surface area contributed by atoms with Crippen LogP contribution in [0.15, 0.2) is 42.5 Å². The van der Waals surface area contributed by atoms with Crippen LogP contribution < -0.4 is 10.6 Å². The Balaban J connectivity index is 1.93. The molecule has 0 saturated carbocycles. The summed E-state index contributed by atoms with van der Waals surface area (Å²) in [4.78, 5) is 36.5. The fraction of sp³-hybridized carbons (Fsp3) is 0.348. The van der Waals surface area contributed by atoms with E-state index in [2.05, 4.69) is 10.6 Å². The summed E-state index contributed by atoms with van der Waals surface area (Å²) < 4.78 is 5.34. The van der Waals surface area contributed by atoms with E-state index in [1.54, 1.807) is 43.3 Å². The van der Waals surface area contributed by atoms with Gasteiger partial charge in [-0.15, -0.1) is 0 Å². The summed E-state index contributed by atoms with van der Waals surface area (Å²) >= 11 is 0. The van der Waals surface area contributed by atoms with Crippen LogP contribution in [-0.4, -0.2) is 29.9 Å². The monoisotopic (exact) mass is 396 g/mol. The summed E-state index contributed by atoms with van der Waals surface area (Å²) in [5.41, 5.74) is 3.83. The highest BCUT2D eigenvalue weighted by Crippen LogP contribution is 2.14. The standard InChI is InChI=1S/C23H28N2O4/c1-14(2)25-23(28)24-13-18-7-10-19(11-8-18)22(27)29-17(5)21(26)20-9-6-15(3)16(4)12-20/h6-12,14,17H,13H2,1-5H3,(H2,24,25,28)/t17-/m1/s1. The van der Waals surface area contributed by atoms with Gasteiger partial charge in [0.25, 0.3) is 0 Å². The van der Waals surface area contributed by atoms with Gasteiger partial charge in [-0.2, -0.15) is 0 Å². The molecule has 0 aliphatic heterocycles. The number of carbonyl (C=O) groups excluding carboxylic acids is 3. The molecule has 0 fully saturated rings. The van der Waals surface area contributed by atoms with Crippen molar-refractivity contribution in [1.29, 1.82) is 0 Å². The van der Waals surface area contributed by atoms with Crippen molar-refractivity contribution in [3.63, 3.8) is 0 Å². The molecule has 2 N–H and O–H groups in total. The Morgan fingerprint density at radius 2 is 1.52 bits per heavy atom. The third-order valence-corrected chi connectivity index (χ3v) is 4.51. The smallest absolute Gasteiger partial charge is 0.338 e. The number of esters is 1. The van der Waals surface area contributed by atoms with Gasteiger partial charge in [-0.3, -0.25) is 4.79 Å². The van der Waals surface area contributed by atoms with Gasteiger partial charge in [-0.1, -0.05) is 24.3 Å². The first-order chi connectivity index (χ1) is 13.7. The average molecular weight is 396 g/mol. The number of ether oxygens (including phenoxy) is 1. The van der Waals surface area contributed by atoms with E-state index in [0.29, 0.717) is 17.7 Å². The maximum absolute atomic E-state index is 12.5. The lowest BCUT2D eigenvalue weighted by Gasteiger charge is -2.14. The molecule has 6 heteroatoms. The Morgan fingerprint density at radius 3 is 2.10 bits per heavy atom. The fourth-order valence-corrected chi connectivity index (χ4v) is 2.67. The first kappa shape index (κ1) is 22.1. The van der Waals surface area contributed by atoms with E-state index in [-0.39, 0.29) is 17.9 Å². The second-order valence-electron chi connectivity index (χ2n) is 7.39. The van der Waals surface area contributed by atoms with E-state index < -0.39 is 12.1 Å². The summed E-state index contributed by atoms with van der Waals surface area (Å²) in [6.45, 7) is 9.59. The molecule has 0 aromatic heterocycles. The van der Waals surface area contributed by atoms with E-state index >= 15 is 0 Å². The SMILES string of the molecule is Cc1ccc(C(=O)[C@@H](C)OC(=O)c2ccc(CNC(=O)NC(C)C)cc2)cc1C. The third kappa shape index (κ3) is 6.45. The number of benzene rings is 2. The van der Waals surface area contributed by atoms with Crippen molar-refractivity contribution in [1.82, 2.24) is 10.6 Å². The second-order valence-corrected chi connectivity index (χ2v) is 7.39. The van der Waals surface area contributed by atoms with Crippen LogP contribution in [-0.2, 0) is 11.3 Å². The summed E-state index contributed by atoms with van der Waals surface area (Å²) in [5.74, 6) is -0.801. The molecule has 2 rings (SSSR count). The van der Waals surface area contributed by atoms with Gasteiger partial charge in [0, 0.05) is 18.2 Å². The Bertz CT molecular complexity index is 888. The predicted molar refractivity (Wildman–Crippen MR) is 112 cm³/mol. The number of urea groups is 1. The molecule has 2 aromatic carbocycles. The van der Waals surface area contributed by atoms with Crippen molar-refractivity contribution < 1.29 is 19.1 Å². The molecule has 2 amide bonds. The van der Waals surface area contributed by atoms with E-state index in [1.165, 1.54) is 0 Å². The van der Waals surface area contributed by atoms with Crippen LogP contribution in [0.4, 0.5) is 4.79 Å². The van der Waals surface area contributed by atoms with Crippen LogP contribution in [0.2, 0.25) is 0 Å². The summed E-state index contributed by atoms with van der Waals surface area (Å²) in [7, 11) is 0. The highest BCUT2D eigenvalue weighted by Gasteiger charge is 2.20. The summed E-state index contributed by atoms with van der Waals surface area (Å²) in [6.07, 6.45) is -0.884. The number of aryl methyl sites for hydroxylation is 2. The van der Waals surface area contributed by atoms with Crippen molar-refractivity contribution in [2.24, 2.45) is 0 Å². The molecule has 2 aromatic rings. The van der Waals surface area contributed by atoms with Crippen molar-refractivity contribution in [3.05, 3.63) is 70.3 Å². The van der Waals surface area contributed by atoms with Gasteiger partial charge in [0.1, 0.15) is 0 Å². The van der Waals surface area contributed by atoms with Crippen LogP contribution in [0.25, 0.3) is 0 Å². The minimum atomic E-state index is -0.884. The first-order valence-electron chi connectivity index (χ1n) is 9.63. The Hall–Kier alpha value is -3.15. The van der Waals surface area contributed by atoms with Gasteiger partial charge in [0.2, 0.25) is 5.78 Å². The number of hydrogen-bond acceptors (Lipinski definition) is 4. The van der Waals surface area contributed by atoms with Gasteiger partial charge in [0.15, 0.2) is 6.10 Å². The van der Waals surface area contributed by atoms with Gasteiger partial charge < -0.3 is 15.4 Å². The number of carbonyl (C=O) groups is 3. The number of nitrogens with one attached hydrogen (secondary N) is 2. The molecule has 0 heterocycles. The molecule has 0 unspecified atom stereocenters. The number of ketones is 1. The maximum Gasteiger partial charge on any atom is 0.338 e. The zero-order valence-corrected chi connectivity index (χ0v) is 17.5. The highest BCUT2D eigenvalue weighted by atomic mass is 16.5. The normalized spacial score (nSPS) is 11.7. The van der Waals surface area contributed by atoms with E-state index in [4.69, 9.17) is 4.74 Å². The number of amides is 2. The molecule has 154 valence electrons. The largest absolute Gasteiger partial charge is 0.451 e. The van der Waals surface area contributed by atoms with Gasteiger partial charge >= 0.3 is 12.0 Å². The van der Waals surface area contributed by atoms with Crippen molar-refractivity contribution in [2.45, 2.75) is 53.3 Å². The Labute approximate surface area is 171 Å². The molecule has 0 saturated heterocycles. The molecule has 0 aliphatic rings. The topological polar surface area (TPSA) is 84.5 Å². The minimum Gasteiger partial charge on any atom is -0.451 e. The van der Waals surface area contributed by atoms with Crippen LogP contribution in [0.3, 0.4) is 0 Å². The number of Topliss-reactive ketones (excluding diaryl/α,β-unsaturated/α-hetero) is 1. The van der Waals surface area contributed by atoms with Crippen molar-refractivity contribution in [2.75, 3.05) is 0 Å². The Kier molecular flexibility index (Phi) is 7.53. The van der Waals surface area contributed by atoms with Crippen LogP contribution in [0.1, 0.15) is 58.2 Å². The molecule has 0 aliphatic carbocycles. The zero-order valence-electron chi connectivity index (χ0n) is 17.5. The number of hydrogen-bond donors (Lipinski definition) is 2. The summed E-state index contributed by atoms with van der Waals surface area (Å²) in [5, 5.41) is 5.48. The lowest BCUT2D eigenvalue weighted by Crippen LogP contribution is -2.39. The third-order valence-electron chi connectivity index (χ3n) is 4.51. The van der Waals surface area contributed by atoms with Gasteiger partial charge in [-0.25, -0.2) is 9.59 Å². The molecule has 0 radical (unpaired) electrons. The van der Waals surface area contributed by atoms with E-state index in [0.717, 1.165) is 16.7 Å². The zero-order chi connectivity index (χ0) is 21.6. The summed E-state index contributed by atoms with van der Waals surface area (Å²) in [6, 6.07) is 11.9. The molecule has 6 nitrogen and oxygen atoms in total. The van der Waals surface area contributed by atoms with Crippen LogP contribution >= 0.6 is 0 Å². The van der Waals surface area contributed by atoms with Gasteiger partial charge in [0.05, 0.1) is 5.56 Å². The highest BCUT2D eigenvalue weighted by molar-refractivity contribution is 6.01.